The molecule has 3 aromatic carbocycles. The minimum Gasteiger partial charge on any atom is -0.422 e. The third-order valence-corrected chi connectivity index (χ3v) is 6.56. The van der Waals surface area contributed by atoms with Gasteiger partial charge in [-0.1, -0.05) is 78.9 Å². The molecule has 0 saturated heterocycles. The number of para-hydroxylation sites is 1. The van der Waals surface area contributed by atoms with E-state index >= 15 is 0 Å². The standard InChI is InChI=1S/C24H29N2O2P/c1-20(18-22-12-6-3-7-13-22)25-29(27,28-24-16-10-5-11-17-24)26-21(2)19-23-14-8-4-9-15-23/h3-17,20-21H,18-19H2,1-2H3,(H2,25,26,27). The van der Waals surface area contributed by atoms with Gasteiger partial charge in [0.05, 0.1) is 0 Å². The van der Waals surface area contributed by atoms with Gasteiger partial charge in [0.15, 0.2) is 0 Å². The van der Waals surface area contributed by atoms with Crippen LogP contribution in [0.3, 0.4) is 0 Å². The molecule has 3 rings (SSSR count). The maximum absolute atomic E-state index is 13.7. The highest BCUT2D eigenvalue weighted by Gasteiger charge is 2.29. The van der Waals surface area contributed by atoms with Gasteiger partial charge in [0.2, 0.25) is 0 Å². The van der Waals surface area contributed by atoms with Crippen LogP contribution in [0.15, 0.2) is 91.0 Å². The number of nitrogens with one attached hydrogen (secondary N) is 2. The third kappa shape index (κ3) is 7.17. The minimum atomic E-state index is -3.33. The van der Waals surface area contributed by atoms with Crippen molar-refractivity contribution in [2.24, 2.45) is 0 Å². The summed E-state index contributed by atoms with van der Waals surface area (Å²) in [5, 5.41) is 6.46. The first kappa shape index (κ1) is 21.3. The Kier molecular flexibility index (Phi) is 7.65. The van der Waals surface area contributed by atoms with Gasteiger partial charge in [-0.05, 0) is 49.9 Å². The first-order valence-corrected chi connectivity index (χ1v) is 11.6. The molecule has 0 spiro atoms. The predicted octanol–water partition coefficient (Wildman–Crippen LogP) is 5.62. The molecule has 0 radical (unpaired) electrons. The molecule has 29 heavy (non-hydrogen) atoms. The summed E-state index contributed by atoms with van der Waals surface area (Å²) in [4.78, 5) is 0. The molecule has 0 aliphatic carbocycles. The summed E-state index contributed by atoms with van der Waals surface area (Å²) in [5.41, 5.74) is 2.38. The van der Waals surface area contributed by atoms with Crippen molar-refractivity contribution >= 4 is 7.67 Å². The fourth-order valence-corrected chi connectivity index (χ4v) is 5.27. The van der Waals surface area contributed by atoms with Crippen molar-refractivity contribution in [3.8, 4) is 5.75 Å². The molecule has 5 heteroatoms. The highest BCUT2D eigenvalue weighted by atomic mass is 31.2. The van der Waals surface area contributed by atoms with Crippen molar-refractivity contribution in [2.45, 2.75) is 38.8 Å². The topological polar surface area (TPSA) is 50.4 Å². The lowest BCUT2D eigenvalue weighted by molar-refractivity contribution is 0.429. The van der Waals surface area contributed by atoms with Gasteiger partial charge in [-0.2, -0.15) is 0 Å². The highest BCUT2D eigenvalue weighted by molar-refractivity contribution is 7.55. The van der Waals surface area contributed by atoms with Crippen LogP contribution in [-0.4, -0.2) is 12.1 Å². The molecule has 2 atom stereocenters. The van der Waals surface area contributed by atoms with E-state index in [0.717, 1.165) is 12.8 Å². The van der Waals surface area contributed by atoms with Gasteiger partial charge < -0.3 is 4.52 Å². The monoisotopic (exact) mass is 408 g/mol. The van der Waals surface area contributed by atoms with Crippen LogP contribution in [0.5, 0.6) is 5.75 Å². The van der Waals surface area contributed by atoms with Gasteiger partial charge in [-0.15, -0.1) is 0 Å². The van der Waals surface area contributed by atoms with E-state index in [1.807, 2.05) is 80.6 Å². The molecular formula is C24H29N2O2P. The number of rotatable bonds is 10. The van der Waals surface area contributed by atoms with E-state index in [-0.39, 0.29) is 12.1 Å². The molecule has 0 aliphatic heterocycles. The third-order valence-electron chi connectivity index (χ3n) is 4.53. The zero-order valence-corrected chi connectivity index (χ0v) is 17.9. The van der Waals surface area contributed by atoms with Gasteiger partial charge in [0, 0.05) is 12.1 Å². The molecule has 152 valence electrons. The normalized spacial score (nSPS) is 15.2. The van der Waals surface area contributed by atoms with Crippen molar-refractivity contribution in [1.29, 1.82) is 0 Å². The van der Waals surface area contributed by atoms with E-state index < -0.39 is 7.67 Å². The Morgan fingerprint density at radius 2 is 1.07 bits per heavy atom. The largest absolute Gasteiger partial charge is 0.422 e. The molecule has 0 amide bonds. The quantitative estimate of drug-likeness (QED) is 0.428. The first-order chi connectivity index (χ1) is 14.0. The van der Waals surface area contributed by atoms with Crippen LogP contribution < -0.4 is 14.7 Å². The number of hydrogen-bond donors (Lipinski definition) is 2. The van der Waals surface area contributed by atoms with E-state index in [1.54, 1.807) is 0 Å². The summed E-state index contributed by atoms with van der Waals surface area (Å²) >= 11 is 0. The summed E-state index contributed by atoms with van der Waals surface area (Å²) < 4.78 is 19.7. The van der Waals surface area contributed by atoms with Crippen LogP contribution in [0.2, 0.25) is 0 Å². The molecule has 2 N–H and O–H groups in total. The van der Waals surface area contributed by atoms with Crippen LogP contribution in [0.1, 0.15) is 25.0 Å². The molecule has 0 heterocycles. The van der Waals surface area contributed by atoms with E-state index in [2.05, 4.69) is 34.4 Å². The van der Waals surface area contributed by atoms with E-state index in [0.29, 0.717) is 5.75 Å². The van der Waals surface area contributed by atoms with Crippen molar-refractivity contribution in [2.75, 3.05) is 0 Å². The molecule has 0 fully saturated rings. The summed E-state index contributed by atoms with van der Waals surface area (Å²) in [6.07, 6.45) is 1.52. The molecular weight excluding hydrogens is 379 g/mol. The number of hydrogen-bond acceptors (Lipinski definition) is 2. The van der Waals surface area contributed by atoms with Crippen molar-refractivity contribution in [3.63, 3.8) is 0 Å². The maximum atomic E-state index is 13.7. The van der Waals surface area contributed by atoms with Gasteiger partial charge >= 0.3 is 7.67 Å². The van der Waals surface area contributed by atoms with Crippen LogP contribution in [0.25, 0.3) is 0 Å². The molecule has 0 aliphatic rings. The Morgan fingerprint density at radius 3 is 1.48 bits per heavy atom. The summed E-state index contributed by atoms with van der Waals surface area (Å²) in [5.74, 6) is 0.578. The number of benzene rings is 3. The first-order valence-electron chi connectivity index (χ1n) is 10.0. The molecule has 2 unspecified atom stereocenters. The van der Waals surface area contributed by atoms with Gasteiger partial charge in [-0.3, -0.25) is 0 Å². The average molecular weight is 408 g/mol. The molecule has 0 saturated carbocycles. The zero-order chi connectivity index (χ0) is 20.5. The lowest BCUT2D eigenvalue weighted by atomic mass is 10.1. The smallest absolute Gasteiger partial charge is 0.390 e. The fourth-order valence-electron chi connectivity index (χ4n) is 3.33. The second-order valence-electron chi connectivity index (χ2n) is 7.40. The maximum Gasteiger partial charge on any atom is 0.390 e. The van der Waals surface area contributed by atoms with Crippen LogP contribution >= 0.6 is 7.67 Å². The SMILES string of the molecule is CC(Cc1ccccc1)NP(=O)(NC(C)Cc1ccccc1)Oc1ccccc1. The Bertz CT molecular complexity index is 850. The van der Waals surface area contributed by atoms with Gasteiger partial charge in [0.25, 0.3) is 0 Å². The van der Waals surface area contributed by atoms with Crippen molar-refractivity contribution in [3.05, 3.63) is 102 Å². The lowest BCUT2D eigenvalue weighted by Gasteiger charge is -2.27. The Hall–Kier alpha value is -2.39. The second-order valence-corrected chi connectivity index (χ2v) is 9.20. The summed E-state index contributed by atoms with van der Waals surface area (Å²) in [7, 11) is -3.33. The molecule has 4 nitrogen and oxygen atoms in total. The van der Waals surface area contributed by atoms with E-state index in [1.165, 1.54) is 11.1 Å². The molecule has 3 aromatic rings. The van der Waals surface area contributed by atoms with Crippen molar-refractivity contribution in [1.82, 2.24) is 10.2 Å². The summed E-state index contributed by atoms with van der Waals surface area (Å²) in [6.45, 7) is 4.05. The van der Waals surface area contributed by atoms with Gasteiger partial charge in [-0.25, -0.2) is 14.7 Å². The predicted molar refractivity (Wildman–Crippen MR) is 120 cm³/mol. The Balaban J connectivity index is 1.71. The van der Waals surface area contributed by atoms with E-state index in [4.69, 9.17) is 4.52 Å². The van der Waals surface area contributed by atoms with Gasteiger partial charge in [0.1, 0.15) is 5.75 Å². The fraction of sp³-hybridized carbons (Fsp3) is 0.250. The molecule has 0 aromatic heterocycles. The van der Waals surface area contributed by atoms with E-state index in [9.17, 15) is 4.57 Å². The van der Waals surface area contributed by atoms with Crippen LogP contribution in [0.4, 0.5) is 0 Å². The van der Waals surface area contributed by atoms with Crippen molar-refractivity contribution < 1.29 is 9.09 Å². The minimum absolute atomic E-state index is 0.0247. The average Bonchev–Trinajstić information content (AvgIpc) is 2.69. The second kappa shape index (κ2) is 10.4. The lowest BCUT2D eigenvalue weighted by Crippen LogP contribution is -2.38. The highest BCUT2D eigenvalue weighted by Crippen LogP contribution is 2.40. The Morgan fingerprint density at radius 1 is 0.690 bits per heavy atom. The van der Waals surface area contributed by atoms with Crippen LogP contribution in [-0.2, 0) is 17.4 Å². The summed E-state index contributed by atoms with van der Waals surface area (Å²) in [6, 6.07) is 29.6. The zero-order valence-electron chi connectivity index (χ0n) is 17.0. The molecule has 0 bridgehead atoms. The van der Waals surface area contributed by atoms with Crippen LogP contribution in [0, 0.1) is 0 Å². The Labute approximate surface area is 173 Å².